The molecule has 480 valence electrons. The number of hydrogen-bond donors (Lipinski definition) is 0. The highest BCUT2D eigenvalue weighted by atomic mass is 14.1. The molecule has 0 fully saturated rings. The van der Waals surface area contributed by atoms with E-state index in [-0.39, 0.29) is 0 Å². The minimum Gasteiger partial charge on any atom is -0.0590 e. The van der Waals surface area contributed by atoms with Gasteiger partial charge in [-0.1, -0.05) is 261 Å². The monoisotopic (exact) mass is 1240 g/mol. The first-order valence-electron chi connectivity index (χ1n) is 33.9. The largest absolute Gasteiger partial charge is 0.0590 e. The lowest BCUT2D eigenvalue weighted by molar-refractivity contribution is 1.30. The molecule has 15 aromatic carbocycles. The molecule has 0 saturated carbocycles. The number of aryl methyl sites for hydroxylation is 21. The molecule has 15 aromatic rings. The highest BCUT2D eigenvalue weighted by molar-refractivity contribution is 6.03. The van der Waals surface area contributed by atoms with E-state index in [9.17, 15) is 0 Å². The highest BCUT2D eigenvalue weighted by Crippen LogP contribution is 2.32. The van der Waals surface area contributed by atoms with Crippen LogP contribution < -0.4 is 0 Å². The molecule has 0 aliphatic carbocycles. The zero-order valence-electron chi connectivity index (χ0n) is 60.9. The summed E-state index contributed by atoms with van der Waals surface area (Å²) in [6.07, 6.45) is 0. The lowest BCUT2D eigenvalue weighted by Gasteiger charge is -2.09. The van der Waals surface area contributed by atoms with Gasteiger partial charge in [-0.2, -0.15) is 0 Å². The van der Waals surface area contributed by atoms with Crippen LogP contribution in [-0.2, 0) is 0 Å². The predicted molar refractivity (Wildman–Crippen MR) is 425 cm³/mol. The molecule has 0 saturated heterocycles. The van der Waals surface area contributed by atoms with E-state index in [2.05, 4.69) is 370 Å². The Morgan fingerprint density at radius 3 is 0.884 bits per heavy atom. The van der Waals surface area contributed by atoms with Gasteiger partial charge in [0.05, 0.1) is 0 Å². The maximum absolute atomic E-state index is 2.31. The van der Waals surface area contributed by atoms with Crippen LogP contribution in [0.4, 0.5) is 0 Å². The summed E-state index contributed by atoms with van der Waals surface area (Å²) in [7, 11) is 0. The van der Waals surface area contributed by atoms with E-state index in [1.807, 2.05) is 0 Å². The summed E-state index contributed by atoms with van der Waals surface area (Å²) in [5, 5.41) is 21.7. The van der Waals surface area contributed by atoms with Crippen molar-refractivity contribution in [1.82, 2.24) is 0 Å². The fourth-order valence-corrected chi connectivity index (χ4v) is 13.3. The molecule has 0 nitrogen and oxygen atoms in total. The molecule has 0 atom stereocenters. The van der Waals surface area contributed by atoms with E-state index in [1.165, 1.54) is 203 Å². The molecular formula is C95H100. The van der Waals surface area contributed by atoms with Crippen LogP contribution in [0.1, 0.15) is 117 Å². The maximum atomic E-state index is 2.31. The molecule has 0 heterocycles. The summed E-state index contributed by atoms with van der Waals surface area (Å²) < 4.78 is 0. The van der Waals surface area contributed by atoms with Gasteiger partial charge in [-0.05, 0) is 312 Å². The zero-order valence-corrected chi connectivity index (χ0v) is 60.9. The van der Waals surface area contributed by atoms with Crippen LogP contribution in [0.2, 0.25) is 0 Å². The third-order valence-electron chi connectivity index (χ3n) is 18.8. The second-order valence-corrected chi connectivity index (χ2v) is 27.7. The van der Waals surface area contributed by atoms with E-state index < -0.39 is 0 Å². The van der Waals surface area contributed by atoms with Crippen molar-refractivity contribution < 1.29 is 0 Å². The van der Waals surface area contributed by atoms with E-state index in [4.69, 9.17) is 0 Å². The molecule has 95 heavy (non-hydrogen) atoms. The van der Waals surface area contributed by atoms with E-state index in [0.29, 0.717) is 0 Å². The van der Waals surface area contributed by atoms with E-state index in [0.717, 1.165) is 0 Å². The Bertz CT molecular complexity index is 5220. The van der Waals surface area contributed by atoms with Crippen LogP contribution in [0.15, 0.2) is 224 Å². The highest BCUT2D eigenvalue weighted by Gasteiger charge is 2.08. The standard InChI is InChI=1S/3C17H16.2C13H14.2C9H12/c1-11-5-7-16-13(3)17-9-12(2)4-6-14(17)10-15(16)8-11;1-11-4-6-14-10-17-13(3)12(2)5-7-15(17)9-16(14)8-11;1-11-4-5-14-10-17-13(3)6-12(2)8-16(17)9-15(14)7-11;1-9-4-7-13-11(3)10(2)5-6-12(13)8-9;1-9-4-5-13-11(3)6-10(2)8-12(13)7-9;1-7-4-8(2)6-9(3)5-7;1-7-4-5-8(2)9(3)6-7/h3*4-10H,1-3H3;2*4-8H,1-3H3;2*4-6H,1-3H3. The molecule has 0 heteroatoms. The summed E-state index contributed by atoms with van der Waals surface area (Å²) >= 11 is 0. The number of rotatable bonds is 0. The van der Waals surface area contributed by atoms with Crippen molar-refractivity contribution in [2.24, 2.45) is 0 Å². The summed E-state index contributed by atoms with van der Waals surface area (Å²) in [5.74, 6) is 0. The predicted octanol–water partition coefficient (Wildman–Crippen LogP) is 27.5. The maximum Gasteiger partial charge on any atom is -0.0146 e. The molecule has 0 bridgehead atoms. The van der Waals surface area contributed by atoms with Gasteiger partial charge in [-0.15, -0.1) is 0 Å². The molecule has 15 rings (SSSR count). The number of benzene rings is 15. The lowest BCUT2D eigenvalue weighted by Crippen LogP contribution is -1.85. The molecular weight excluding hydrogens is 1140 g/mol. The van der Waals surface area contributed by atoms with Gasteiger partial charge >= 0.3 is 0 Å². The number of fused-ring (bicyclic) bond motifs is 8. The van der Waals surface area contributed by atoms with Crippen LogP contribution in [-0.4, -0.2) is 0 Å². The molecule has 0 aromatic heterocycles. The summed E-state index contributed by atoms with van der Waals surface area (Å²) in [5.41, 5.74) is 28.4. The fourth-order valence-electron chi connectivity index (χ4n) is 13.3. The van der Waals surface area contributed by atoms with Crippen molar-refractivity contribution in [2.45, 2.75) is 145 Å². The van der Waals surface area contributed by atoms with E-state index >= 15 is 0 Å². The van der Waals surface area contributed by atoms with Crippen LogP contribution in [0.25, 0.3) is 86.2 Å². The first-order valence-corrected chi connectivity index (χ1v) is 33.9. The molecule has 0 unspecified atom stereocenters. The Labute approximate surface area is 569 Å². The molecule has 0 radical (unpaired) electrons. The Morgan fingerprint density at radius 2 is 0.389 bits per heavy atom. The summed E-state index contributed by atoms with van der Waals surface area (Å²) in [4.78, 5) is 0. The van der Waals surface area contributed by atoms with Gasteiger partial charge in [0.15, 0.2) is 0 Å². The second kappa shape index (κ2) is 30.6. The normalized spacial score (nSPS) is 10.8. The quantitative estimate of drug-likeness (QED) is 0.133. The molecule has 0 amide bonds. The SMILES string of the molecule is Cc1cc(C)cc(C)c1.Cc1ccc(C)c(C)c1.Cc1ccc2c(C)c(C)ccc2c1.Cc1ccc2c(C)c3cc(C)ccc3cc2c1.Cc1ccc2c(C)cc(C)cc2c1.Cc1ccc2cc3c(C)c(C)ccc3cc2c1.Cc1ccc2cc3c(C)cc(C)cc3cc2c1. The van der Waals surface area contributed by atoms with Gasteiger partial charge in [0, 0.05) is 0 Å². The van der Waals surface area contributed by atoms with Crippen LogP contribution in [0, 0.1) is 145 Å². The van der Waals surface area contributed by atoms with Crippen LogP contribution >= 0.6 is 0 Å². The topological polar surface area (TPSA) is 0 Å². The average Bonchev–Trinajstić information content (AvgIpc) is 0.821. The summed E-state index contributed by atoms with van der Waals surface area (Å²) in [6, 6.07) is 82.3. The van der Waals surface area contributed by atoms with Gasteiger partial charge in [0.25, 0.3) is 0 Å². The van der Waals surface area contributed by atoms with Gasteiger partial charge in [-0.3, -0.25) is 0 Å². The second-order valence-electron chi connectivity index (χ2n) is 27.7. The van der Waals surface area contributed by atoms with Gasteiger partial charge in [0.2, 0.25) is 0 Å². The van der Waals surface area contributed by atoms with Gasteiger partial charge in [-0.25, -0.2) is 0 Å². The molecule has 0 aliphatic rings. The Morgan fingerprint density at radius 1 is 0.116 bits per heavy atom. The number of hydrogen-bond acceptors (Lipinski definition) is 0. The van der Waals surface area contributed by atoms with Crippen molar-refractivity contribution in [2.75, 3.05) is 0 Å². The van der Waals surface area contributed by atoms with Crippen LogP contribution in [0.3, 0.4) is 0 Å². The Hall–Kier alpha value is -9.62. The van der Waals surface area contributed by atoms with Crippen LogP contribution in [0.5, 0.6) is 0 Å². The fraction of sp³-hybridized carbons (Fsp3) is 0.221. The van der Waals surface area contributed by atoms with Gasteiger partial charge < -0.3 is 0 Å². The van der Waals surface area contributed by atoms with Crippen molar-refractivity contribution in [3.05, 3.63) is 341 Å². The minimum atomic E-state index is 1.32. The molecule has 0 N–H and O–H groups in total. The average molecular weight is 1240 g/mol. The van der Waals surface area contributed by atoms with Gasteiger partial charge in [0.1, 0.15) is 0 Å². The third-order valence-corrected chi connectivity index (χ3v) is 18.8. The van der Waals surface area contributed by atoms with Crippen molar-refractivity contribution in [3.63, 3.8) is 0 Å². The summed E-state index contributed by atoms with van der Waals surface area (Å²) in [6.45, 7) is 45.2. The molecule has 0 spiro atoms. The molecule has 0 aliphatic heterocycles. The van der Waals surface area contributed by atoms with Crippen molar-refractivity contribution >= 4 is 86.2 Å². The Balaban J connectivity index is 0.000000132. The smallest absolute Gasteiger partial charge is 0.0146 e. The third kappa shape index (κ3) is 17.8. The van der Waals surface area contributed by atoms with Crippen molar-refractivity contribution in [3.8, 4) is 0 Å². The Kier molecular flexibility index (Phi) is 22.5. The first-order chi connectivity index (χ1) is 45.2. The lowest BCUT2D eigenvalue weighted by atomic mass is 9.96. The van der Waals surface area contributed by atoms with E-state index in [1.54, 1.807) is 0 Å². The minimum absolute atomic E-state index is 1.32. The van der Waals surface area contributed by atoms with Crippen molar-refractivity contribution in [1.29, 1.82) is 0 Å². The first kappa shape index (κ1) is 69.7. The zero-order chi connectivity index (χ0) is 68.5.